The van der Waals surface area contributed by atoms with Crippen molar-refractivity contribution < 1.29 is 17.9 Å². The fourth-order valence-corrected chi connectivity index (χ4v) is 3.58. The monoisotopic (exact) mass is 288 g/mol. The van der Waals surface area contributed by atoms with E-state index in [0.717, 1.165) is 16.4 Å². The summed E-state index contributed by atoms with van der Waals surface area (Å²) in [7, 11) is -2.36. The fourth-order valence-electron chi connectivity index (χ4n) is 2.21. The van der Waals surface area contributed by atoms with Crippen molar-refractivity contribution in [3.8, 4) is 0 Å². The van der Waals surface area contributed by atoms with Crippen molar-refractivity contribution in [1.82, 2.24) is 4.31 Å². The molecule has 1 saturated carbocycles. The summed E-state index contributed by atoms with van der Waals surface area (Å²) >= 11 is 0. The molecule has 1 aromatic carbocycles. The standard InChI is InChI=1S/C12H17FN2O3S/c1-15(7-8-4-10(16)5-8)19(17,18)12-6-9(13)2-3-11(12)14/h2-3,6,8,10,16H,4-5,7,14H2,1H3. The zero-order valence-electron chi connectivity index (χ0n) is 10.6. The molecule has 0 aromatic heterocycles. The molecule has 7 heteroatoms. The number of anilines is 1. The van der Waals surface area contributed by atoms with Gasteiger partial charge in [-0.2, -0.15) is 0 Å². The number of benzene rings is 1. The molecule has 0 spiro atoms. The van der Waals surface area contributed by atoms with E-state index in [1.807, 2.05) is 0 Å². The highest BCUT2D eigenvalue weighted by Crippen LogP contribution is 2.30. The molecule has 0 aliphatic heterocycles. The Bertz CT molecular complexity index is 570. The Morgan fingerprint density at radius 1 is 1.47 bits per heavy atom. The zero-order valence-corrected chi connectivity index (χ0v) is 11.4. The third-order valence-electron chi connectivity index (χ3n) is 3.39. The molecule has 1 aromatic rings. The molecule has 2 rings (SSSR count). The second-order valence-corrected chi connectivity index (χ2v) is 6.97. The van der Waals surface area contributed by atoms with Crippen molar-refractivity contribution in [2.24, 2.45) is 5.92 Å². The molecule has 0 amide bonds. The number of hydrogen-bond acceptors (Lipinski definition) is 4. The lowest BCUT2D eigenvalue weighted by Crippen LogP contribution is -2.39. The van der Waals surface area contributed by atoms with E-state index in [1.165, 1.54) is 13.1 Å². The van der Waals surface area contributed by atoms with Crippen molar-refractivity contribution in [2.75, 3.05) is 19.3 Å². The van der Waals surface area contributed by atoms with E-state index in [0.29, 0.717) is 19.4 Å². The minimum atomic E-state index is -3.79. The first-order valence-corrected chi connectivity index (χ1v) is 7.44. The smallest absolute Gasteiger partial charge is 0.244 e. The van der Waals surface area contributed by atoms with Crippen LogP contribution in [0, 0.1) is 11.7 Å². The summed E-state index contributed by atoms with van der Waals surface area (Å²) in [5, 5.41) is 9.19. The molecular weight excluding hydrogens is 271 g/mol. The van der Waals surface area contributed by atoms with E-state index < -0.39 is 15.8 Å². The first-order chi connectivity index (χ1) is 8.80. The van der Waals surface area contributed by atoms with Crippen molar-refractivity contribution in [3.05, 3.63) is 24.0 Å². The van der Waals surface area contributed by atoms with Crippen molar-refractivity contribution in [1.29, 1.82) is 0 Å². The van der Waals surface area contributed by atoms with Crippen LogP contribution in [0.4, 0.5) is 10.1 Å². The molecule has 106 valence electrons. The third kappa shape index (κ3) is 2.88. The highest BCUT2D eigenvalue weighted by Gasteiger charge is 2.32. The minimum Gasteiger partial charge on any atom is -0.398 e. The van der Waals surface area contributed by atoms with Gasteiger partial charge in [0.25, 0.3) is 0 Å². The van der Waals surface area contributed by atoms with Gasteiger partial charge >= 0.3 is 0 Å². The van der Waals surface area contributed by atoms with E-state index in [-0.39, 0.29) is 22.6 Å². The number of hydrogen-bond donors (Lipinski definition) is 2. The summed E-state index contributed by atoms with van der Waals surface area (Å²) in [6, 6.07) is 3.29. The van der Waals surface area contributed by atoms with Crippen LogP contribution in [-0.4, -0.2) is 37.5 Å². The molecule has 1 fully saturated rings. The van der Waals surface area contributed by atoms with Gasteiger partial charge in [0.05, 0.1) is 11.8 Å². The number of halogens is 1. The molecule has 19 heavy (non-hydrogen) atoms. The number of aliphatic hydroxyl groups excluding tert-OH is 1. The average molecular weight is 288 g/mol. The molecule has 0 saturated heterocycles. The number of nitrogens with two attached hydrogens (primary N) is 1. The maximum atomic E-state index is 13.2. The second-order valence-electron chi connectivity index (χ2n) is 4.96. The topological polar surface area (TPSA) is 83.6 Å². The zero-order chi connectivity index (χ0) is 14.2. The van der Waals surface area contributed by atoms with Gasteiger partial charge in [-0.05, 0) is 37.0 Å². The van der Waals surface area contributed by atoms with Crippen LogP contribution in [0.5, 0.6) is 0 Å². The lowest BCUT2D eigenvalue weighted by atomic mass is 9.82. The van der Waals surface area contributed by atoms with Crippen LogP contribution in [0.15, 0.2) is 23.1 Å². The van der Waals surface area contributed by atoms with Gasteiger partial charge in [0.1, 0.15) is 10.7 Å². The summed E-state index contributed by atoms with van der Waals surface area (Å²) in [6.45, 7) is 0.301. The average Bonchev–Trinajstić information content (AvgIpc) is 2.30. The Labute approximate surface area is 111 Å². The van der Waals surface area contributed by atoms with Gasteiger partial charge in [-0.25, -0.2) is 17.1 Å². The summed E-state index contributed by atoms with van der Waals surface area (Å²) in [4.78, 5) is -0.213. The van der Waals surface area contributed by atoms with Crippen LogP contribution in [0.25, 0.3) is 0 Å². The largest absolute Gasteiger partial charge is 0.398 e. The summed E-state index contributed by atoms with van der Waals surface area (Å²) in [6.07, 6.45) is 0.858. The van der Waals surface area contributed by atoms with Gasteiger partial charge < -0.3 is 10.8 Å². The molecule has 1 aliphatic rings. The molecule has 1 aliphatic carbocycles. The van der Waals surface area contributed by atoms with Gasteiger partial charge in [-0.1, -0.05) is 0 Å². The van der Waals surface area contributed by atoms with Crippen molar-refractivity contribution in [3.63, 3.8) is 0 Å². The summed E-state index contributed by atoms with van der Waals surface area (Å²) in [5.41, 5.74) is 5.63. The van der Waals surface area contributed by atoms with Crippen LogP contribution >= 0.6 is 0 Å². The highest BCUT2D eigenvalue weighted by atomic mass is 32.2. The Hall–Kier alpha value is -1.18. The van der Waals surface area contributed by atoms with Crippen LogP contribution in [0.2, 0.25) is 0 Å². The molecule has 0 radical (unpaired) electrons. The number of nitrogen functional groups attached to an aromatic ring is 1. The lowest BCUT2D eigenvalue weighted by Gasteiger charge is -2.34. The second kappa shape index (κ2) is 5.07. The first kappa shape index (κ1) is 14.2. The summed E-state index contributed by atoms with van der Waals surface area (Å²) < 4.78 is 38.9. The minimum absolute atomic E-state index is 0.0295. The number of rotatable bonds is 4. The SMILES string of the molecule is CN(CC1CC(O)C1)S(=O)(=O)c1cc(F)ccc1N. The molecular formula is C12H17FN2O3S. The van der Waals surface area contributed by atoms with Crippen molar-refractivity contribution in [2.45, 2.75) is 23.8 Å². The number of sulfonamides is 1. The Morgan fingerprint density at radius 3 is 2.68 bits per heavy atom. The quantitative estimate of drug-likeness (QED) is 0.803. The normalized spacial score (nSPS) is 23.4. The van der Waals surface area contributed by atoms with Gasteiger partial charge in [0.2, 0.25) is 10.0 Å². The van der Waals surface area contributed by atoms with Gasteiger partial charge in [-0.15, -0.1) is 0 Å². The third-order valence-corrected chi connectivity index (χ3v) is 5.27. The maximum absolute atomic E-state index is 13.2. The van der Waals surface area contributed by atoms with Crippen molar-refractivity contribution >= 4 is 15.7 Å². The molecule has 0 unspecified atom stereocenters. The van der Waals surface area contributed by atoms with Gasteiger partial charge in [0, 0.05) is 13.6 Å². The Morgan fingerprint density at radius 2 is 2.11 bits per heavy atom. The van der Waals surface area contributed by atoms with Crippen LogP contribution in [0.1, 0.15) is 12.8 Å². The number of aliphatic hydroxyl groups is 1. The van der Waals surface area contributed by atoms with Crippen LogP contribution in [0.3, 0.4) is 0 Å². The Balaban J connectivity index is 2.19. The maximum Gasteiger partial charge on any atom is 0.244 e. The van der Waals surface area contributed by atoms with E-state index in [2.05, 4.69) is 0 Å². The van der Waals surface area contributed by atoms with Gasteiger partial charge in [-0.3, -0.25) is 0 Å². The van der Waals surface area contributed by atoms with Crippen LogP contribution in [-0.2, 0) is 10.0 Å². The first-order valence-electron chi connectivity index (χ1n) is 6.00. The van der Waals surface area contributed by atoms with Gasteiger partial charge in [0.15, 0.2) is 0 Å². The number of nitrogens with zero attached hydrogens (tertiary/aromatic N) is 1. The van der Waals surface area contributed by atoms with E-state index >= 15 is 0 Å². The lowest BCUT2D eigenvalue weighted by molar-refractivity contribution is 0.0367. The van der Waals surface area contributed by atoms with Crippen LogP contribution < -0.4 is 5.73 Å². The summed E-state index contributed by atoms with van der Waals surface area (Å²) in [5.74, 6) is -0.496. The van der Waals surface area contributed by atoms with E-state index in [1.54, 1.807) is 0 Å². The molecule has 5 nitrogen and oxygen atoms in total. The molecule has 3 N–H and O–H groups in total. The van der Waals surface area contributed by atoms with E-state index in [9.17, 15) is 17.9 Å². The highest BCUT2D eigenvalue weighted by molar-refractivity contribution is 7.89. The van der Waals surface area contributed by atoms with E-state index in [4.69, 9.17) is 5.73 Å². The predicted octanol–water partition coefficient (Wildman–Crippen LogP) is 0.799. The molecule has 0 bridgehead atoms. The fraction of sp³-hybridized carbons (Fsp3) is 0.500. The molecule has 0 atom stereocenters. The molecule has 0 heterocycles. The predicted molar refractivity (Wildman–Crippen MR) is 69.4 cm³/mol. The Kier molecular flexibility index (Phi) is 3.80.